The highest BCUT2D eigenvalue weighted by Crippen LogP contribution is 2.16. The van der Waals surface area contributed by atoms with Crippen LogP contribution in [-0.2, 0) is 0 Å². The number of H-pyrrole nitrogens is 1. The van der Waals surface area contributed by atoms with Gasteiger partial charge in [0.25, 0.3) is 0 Å². The lowest BCUT2D eigenvalue weighted by Crippen LogP contribution is -2.29. The minimum atomic E-state index is -0.140. The van der Waals surface area contributed by atoms with E-state index < -0.39 is 0 Å². The third-order valence-electron chi connectivity index (χ3n) is 2.01. The Morgan fingerprint density at radius 3 is 2.64 bits per heavy atom. The first-order valence-electron chi connectivity index (χ1n) is 4.28. The van der Waals surface area contributed by atoms with E-state index in [2.05, 4.69) is 20.6 Å². The van der Waals surface area contributed by atoms with Crippen molar-refractivity contribution in [3.63, 3.8) is 0 Å². The summed E-state index contributed by atoms with van der Waals surface area (Å²) in [5.41, 5.74) is 3.73. The van der Waals surface area contributed by atoms with Crippen molar-refractivity contribution in [2.24, 2.45) is 5.84 Å². The monoisotopic (exact) mass is 189 g/mol. The number of hydrogen-bond donors (Lipinski definition) is 3. The van der Waals surface area contributed by atoms with Gasteiger partial charge in [0.2, 0.25) is 0 Å². The maximum atomic E-state index is 5.46. The second-order valence-electron chi connectivity index (χ2n) is 2.88. The molecule has 0 aliphatic rings. The molecule has 0 aliphatic heterocycles. The molecule has 0 bridgehead atoms. The van der Waals surface area contributed by atoms with Gasteiger partial charge in [0.15, 0.2) is 0 Å². The lowest BCUT2D eigenvalue weighted by Gasteiger charge is -2.12. The number of nitrogens with zero attached hydrogens (tertiary/aromatic N) is 2. The Hall–Kier alpha value is -1.72. The summed E-state index contributed by atoms with van der Waals surface area (Å²) in [6, 6.07) is 9.68. The Morgan fingerprint density at radius 2 is 2.07 bits per heavy atom. The van der Waals surface area contributed by atoms with Crippen LogP contribution < -0.4 is 11.3 Å². The average Bonchev–Trinajstić information content (AvgIpc) is 2.74. The average molecular weight is 189 g/mol. The molecule has 1 aromatic heterocycles. The van der Waals surface area contributed by atoms with Gasteiger partial charge in [-0.3, -0.25) is 10.9 Å². The van der Waals surface area contributed by atoms with E-state index in [0.717, 1.165) is 5.56 Å². The molecular formula is C9H11N5. The highest BCUT2D eigenvalue weighted by Gasteiger charge is 2.13. The lowest BCUT2D eigenvalue weighted by molar-refractivity contribution is 0.604. The van der Waals surface area contributed by atoms with Crippen LogP contribution in [0.2, 0.25) is 0 Å². The summed E-state index contributed by atoms with van der Waals surface area (Å²) in [5.74, 6) is 6.17. The summed E-state index contributed by atoms with van der Waals surface area (Å²) in [5, 5.41) is 6.57. The summed E-state index contributed by atoms with van der Waals surface area (Å²) in [6.45, 7) is 0. The normalized spacial score (nSPS) is 12.6. The zero-order valence-corrected chi connectivity index (χ0v) is 7.51. The highest BCUT2D eigenvalue weighted by molar-refractivity contribution is 5.23. The van der Waals surface area contributed by atoms with Gasteiger partial charge in [-0.05, 0) is 5.56 Å². The Balaban J connectivity index is 2.31. The molecule has 0 amide bonds. The standard InChI is InChI=1S/C9H11N5/c10-13-8(9-11-6-12-14-9)7-4-2-1-3-5-7/h1-6,8,13H,10H2,(H,11,12,14). The van der Waals surface area contributed by atoms with E-state index in [1.54, 1.807) is 0 Å². The third-order valence-corrected chi connectivity index (χ3v) is 2.01. The summed E-state index contributed by atoms with van der Waals surface area (Å²) in [4.78, 5) is 4.05. The van der Waals surface area contributed by atoms with E-state index >= 15 is 0 Å². The van der Waals surface area contributed by atoms with Crippen molar-refractivity contribution >= 4 is 0 Å². The SMILES string of the molecule is NNC(c1ccccc1)c1ncn[nH]1. The fraction of sp³-hybridized carbons (Fsp3) is 0.111. The molecule has 0 saturated heterocycles. The zero-order valence-electron chi connectivity index (χ0n) is 7.51. The molecule has 1 unspecified atom stereocenters. The van der Waals surface area contributed by atoms with E-state index in [9.17, 15) is 0 Å². The van der Waals surface area contributed by atoms with Crippen LogP contribution in [-0.4, -0.2) is 15.2 Å². The third kappa shape index (κ3) is 1.63. The molecule has 2 rings (SSSR count). The topological polar surface area (TPSA) is 79.6 Å². The molecule has 14 heavy (non-hydrogen) atoms. The molecule has 1 heterocycles. The number of nitrogens with two attached hydrogens (primary N) is 1. The Labute approximate surface area is 81.3 Å². The molecule has 0 spiro atoms. The van der Waals surface area contributed by atoms with E-state index in [1.807, 2.05) is 30.3 Å². The van der Waals surface area contributed by atoms with Gasteiger partial charge in [-0.25, -0.2) is 10.4 Å². The molecule has 2 aromatic rings. The van der Waals surface area contributed by atoms with Crippen molar-refractivity contribution in [3.05, 3.63) is 48.0 Å². The van der Waals surface area contributed by atoms with Crippen molar-refractivity contribution < 1.29 is 0 Å². The minimum Gasteiger partial charge on any atom is -0.270 e. The van der Waals surface area contributed by atoms with E-state index in [0.29, 0.717) is 5.82 Å². The largest absolute Gasteiger partial charge is 0.270 e. The molecule has 5 nitrogen and oxygen atoms in total. The van der Waals surface area contributed by atoms with Crippen LogP contribution in [0.5, 0.6) is 0 Å². The van der Waals surface area contributed by atoms with Gasteiger partial charge < -0.3 is 0 Å². The maximum absolute atomic E-state index is 5.46. The van der Waals surface area contributed by atoms with E-state index in [4.69, 9.17) is 5.84 Å². The van der Waals surface area contributed by atoms with Gasteiger partial charge in [0, 0.05) is 0 Å². The lowest BCUT2D eigenvalue weighted by atomic mass is 10.1. The summed E-state index contributed by atoms with van der Waals surface area (Å²) < 4.78 is 0. The number of benzene rings is 1. The number of hydrogen-bond acceptors (Lipinski definition) is 4. The molecule has 1 aromatic carbocycles. The summed E-state index contributed by atoms with van der Waals surface area (Å²) in [7, 11) is 0. The first kappa shape index (κ1) is 8.86. The Morgan fingerprint density at radius 1 is 1.29 bits per heavy atom. The smallest absolute Gasteiger partial charge is 0.147 e. The van der Waals surface area contributed by atoms with Gasteiger partial charge in [0.05, 0.1) is 0 Å². The fourth-order valence-corrected chi connectivity index (χ4v) is 1.33. The molecule has 0 radical (unpaired) electrons. The predicted octanol–water partition coefficient (Wildman–Crippen LogP) is 0.357. The van der Waals surface area contributed by atoms with Crippen LogP contribution in [0.4, 0.5) is 0 Å². The first-order chi connectivity index (χ1) is 6.92. The number of rotatable bonds is 3. The van der Waals surface area contributed by atoms with Gasteiger partial charge in [-0.2, -0.15) is 5.10 Å². The number of aromatic nitrogens is 3. The Bertz CT molecular complexity index is 369. The fourth-order valence-electron chi connectivity index (χ4n) is 1.33. The van der Waals surface area contributed by atoms with Crippen molar-refractivity contribution in [2.45, 2.75) is 6.04 Å². The quantitative estimate of drug-likeness (QED) is 0.481. The van der Waals surface area contributed by atoms with Crippen LogP contribution >= 0.6 is 0 Å². The van der Waals surface area contributed by atoms with Crippen molar-refractivity contribution in [3.8, 4) is 0 Å². The molecule has 0 saturated carbocycles. The molecule has 72 valence electrons. The minimum absolute atomic E-state index is 0.140. The van der Waals surface area contributed by atoms with E-state index in [1.165, 1.54) is 6.33 Å². The molecule has 5 heteroatoms. The second kappa shape index (κ2) is 3.99. The number of hydrazine groups is 1. The second-order valence-corrected chi connectivity index (χ2v) is 2.88. The van der Waals surface area contributed by atoms with Crippen LogP contribution in [0.25, 0.3) is 0 Å². The van der Waals surface area contributed by atoms with Crippen molar-refractivity contribution in [2.75, 3.05) is 0 Å². The van der Waals surface area contributed by atoms with Crippen LogP contribution in [0.15, 0.2) is 36.7 Å². The van der Waals surface area contributed by atoms with Gasteiger partial charge in [-0.15, -0.1) is 0 Å². The predicted molar refractivity (Wildman–Crippen MR) is 52.0 cm³/mol. The van der Waals surface area contributed by atoms with Gasteiger partial charge in [-0.1, -0.05) is 30.3 Å². The molecule has 0 fully saturated rings. The van der Waals surface area contributed by atoms with Crippen LogP contribution in [0.3, 0.4) is 0 Å². The van der Waals surface area contributed by atoms with Crippen LogP contribution in [0.1, 0.15) is 17.4 Å². The van der Waals surface area contributed by atoms with E-state index in [-0.39, 0.29) is 6.04 Å². The highest BCUT2D eigenvalue weighted by atomic mass is 15.3. The van der Waals surface area contributed by atoms with Crippen molar-refractivity contribution in [1.82, 2.24) is 20.6 Å². The van der Waals surface area contributed by atoms with Gasteiger partial charge in [0.1, 0.15) is 18.2 Å². The van der Waals surface area contributed by atoms with Crippen molar-refractivity contribution in [1.29, 1.82) is 0 Å². The molecule has 0 aliphatic carbocycles. The van der Waals surface area contributed by atoms with Crippen LogP contribution in [0, 0.1) is 0 Å². The molecular weight excluding hydrogens is 178 g/mol. The zero-order chi connectivity index (χ0) is 9.80. The summed E-state index contributed by atoms with van der Waals surface area (Å²) in [6.07, 6.45) is 1.46. The summed E-state index contributed by atoms with van der Waals surface area (Å²) >= 11 is 0. The Kier molecular flexibility index (Phi) is 2.53. The van der Waals surface area contributed by atoms with Gasteiger partial charge >= 0.3 is 0 Å². The molecule has 4 N–H and O–H groups in total. The molecule has 1 atom stereocenters. The maximum Gasteiger partial charge on any atom is 0.147 e. The first-order valence-corrected chi connectivity index (χ1v) is 4.28. The number of aromatic amines is 1. The number of nitrogens with one attached hydrogen (secondary N) is 2.